The molecule has 0 radical (unpaired) electrons. The zero-order chi connectivity index (χ0) is 17.5. The summed E-state index contributed by atoms with van der Waals surface area (Å²) < 4.78 is 10.2. The second-order valence-electron chi connectivity index (χ2n) is 6.61. The van der Waals surface area contributed by atoms with Crippen LogP contribution >= 0.6 is 0 Å². The van der Waals surface area contributed by atoms with Crippen molar-refractivity contribution < 1.29 is 24.0 Å². The second kappa shape index (κ2) is 5.67. The molecule has 7 nitrogen and oxygen atoms in total. The largest absolute Gasteiger partial charge is 0.475 e. The van der Waals surface area contributed by atoms with Gasteiger partial charge in [0, 0.05) is 18.2 Å². The lowest BCUT2D eigenvalue weighted by Gasteiger charge is -2.24. The Hall–Kier alpha value is -2.83. The highest BCUT2D eigenvalue weighted by molar-refractivity contribution is 5.91. The molecule has 3 rings (SSSR count). The number of amides is 1. The fourth-order valence-corrected chi connectivity index (χ4v) is 2.58. The minimum Gasteiger partial charge on any atom is -0.475 e. The molecule has 0 unspecified atom stereocenters. The summed E-state index contributed by atoms with van der Waals surface area (Å²) in [4.78, 5) is 24.7. The molecule has 1 aliphatic rings. The standard InChI is InChI=1S/C17H18N2O5/c1-17(2,3)23-16(22)19-7-6-11-8-10(4-5-13(11)19)12-9-14(15(20)21)24-18-12/h4-5,8-9H,6-7H2,1-3H3,(H,20,21). The highest BCUT2D eigenvalue weighted by Gasteiger charge is 2.29. The molecule has 0 atom stereocenters. The van der Waals surface area contributed by atoms with Crippen LogP contribution in [0.2, 0.25) is 0 Å². The van der Waals surface area contributed by atoms with E-state index in [1.165, 1.54) is 6.07 Å². The van der Waals surface area contributed by atoms with Gasteiger partial charge in [-0.05, 0) is 44.9 Å². The molecule has 0 saturated heterocycles. The lowest BCUT2D eigenvalue weighted by Crippen LogP contribution is -2.35. The highest BCUT2D eigenvalue weighted by Crippen LogP contribution is 2.33. The van der Waals surface area contributed by atoms with E-state index in [0.29, 0.717) is 18.7 Å². The van der Waals surface area contributed by atoms with Crippen LogP contribution in [0.3, 0.4) is 0 Å². The Morgan fingerprint density at radius 2 is 2.04 bits per heavy atom. The molecule has 1 N–H and O–H groups in total. The van der Waals surface area contributed by atoms with Crippen molar-refractivity contribution >= 4 is 17.7 Å². The van der Waals surface area contributed by atoms with E-state index in [9.17, 15) is 9.59 Å². The van der Waals surface area contributed by atoms with Gasteiger partial charge < -0.3 is 14.4 Å². The van der Waals surface area contributed by atoms with Gasteiger partial charge in [-0.15, -0.1) is 0 Å². The predicted octanol–water partition coefficient (Wildman–Crippen LogP) is 3.34. The predicted molar refractivity (Wildman–Crippen MR) is 86.2 cm³/mol. The van der Waals surface area contributed by atoms with Crippen molar-refractivity contribution in [2.75, 3.05) is 11.4 Å². The number of benzene rings is 1. The van der Waals surface area contributed by atoms with Crippen molar-refractivity contribution in [3.8, 4) is 11.3 Å². The van der Waals surface area contributed by atoms with E-state index < -0.39 is 11.6 Å². The van der Waals surface area contributed by atoms with Crippen LogP contribution in [0.25, 0.3) is 11.3 Å². The van der Waals surface area contributed by atoms with Gasteiger partial charge in [-0.1, -0.05) is 11.2 Å². The van der Waals surface area contributed by atoms with Crippen LogP contribution < -0.4 is 4.90 Å². The van der Waals surface area contributed by atoms with Crippen molar-refractivity contribution in [2.45, 2.75) is 32.8 Å². The van der Waals surface area contributed by atoms with Crippen LogP contribution in [0.4, 0.5) is 10.5 Å². The van der Waals surface area contributed by atoms with E-state index in [4.69, 9.17) is 14.4 Å². The average molecular weight is 330 g/mol. The maximum Gasteiger partial charge on any atom is 0.414 e. The van der Waals surface area contributed by atoms with Crippen LogP contribution in [-0.4, -0.2) is 34.5 Å². The Bertz CT molecular complexity index is 804. The molecule has 1 aromatic heterocycles. The molecular formula is C17H18N2O5. The molecule has 1 aromatic carbocycles. The van der Waals surface area contributed by atoms with E-state index in [1.54, 1.807) is 11.0 Å². The number of carboxylic acid groups (broad SMARTS) is 1. The number of hydrogen-bond donors (Lipinski definition) is 1. The zero-order valence-electron chi connectivity index (χ0n) is 13.7. The summed E-state index contributed by atoms with van der Waals surface area (Å²) in [6.45, 7) is 6.04. The van der Waals surface area contributed by atoms with Gasteiger partial charge in [0.25, 0.3) is 0 Å². The topological polar surface area (TPSA) is 92.9 Å². The molecule has 0 fully saturated rings. The monoisotopic (exact) mass is 330 g/mol. The molecule has 0 aliphatic carbocycles. The number of carboxylic acids is 1. The summed E-state index contributed by atoms with van der Waals surface area (Å²) in [6.07, 6.45) is 0.329. The summed E-state index contributed by atoms with van der Waals surface area (Å²) in [5, 5.41) is 12.7. The molecule has 0 bridgehead atoms. The molecule has 126 valence electrons. The van der Waals surface area contributed by atoms with Crippen LogP contribution in [0.5, 0.6) is 0 Å². The number of hydrogen-bond acceptors (Lipinski definition) is 5. The lowest BCUT2D eigenvalue weighted by atomic mass is 10.1. The minimum atomic E-state index is -1.16. The Morgan fingerprint density at radius 3 is 2.67 bits per heavy atom. The Morgan fingerprint density at radius 1 is 1.29 bits per heavy atom. The SMILES string of the molecule is CC(C)(C)OC(=O)N1CCc2cc(-c3cc(C(=O)O)on3)ccc21. The van der Waals surface area contributed by atoms with E-state index in [-0.39, 0.29) is 11.9 Å². The van der Waals surface area contributed by atoms with Gasteiger partial charge in [0.05, 0.1) is 5.69 Å². The van der Waals surface area contributed by atoms with Gasteiger partial charge >= 0.3 is 12.1 Å². The highest BCUT2D eigenvalue weighted by atomic mass is 16.6. The molecule has 7 heteroatoms. The van der Waals surface area contributed by atoms with Crippen LogP contribution in [-0.2, 0) is 11.2 Å². The first-order valence-corrected chi connectivity index (χ1v) is 7.58. The molecule has 2 heterocycles. The first kappa shape index (κ1) is 16.0. The van der Waals surface area contributed by atoms with Crippen LogP contribution in [0.15, 0.2) is 28.8 Å². The number of carbonyl (C=O) groups excluding carboxylic acids is 1. The van der Waals surface area contributed by atoms with Gasteiger partial charge in [0.15, 0.2) is 0 Å². The molecule has 2 aromatic rings. The Labute approximate surface area is 138 Å². The second-order valence-corrected chi connectivity index (χ2v) is 6.61. The number of aromatic carboxylic acids is 1. The van der Waals surface area contributed by atoms with Crippen LogP contribution in [0.1, 0.15) is 36.9 Å². The smallest absolute Gasteiger partial charge is 0.414 e. The molecule has 24 heavy (non-hydrogen) atoms. The van der Waals surface area contributed by atoms with Gasteiger partial charge in [-0.25, -0.2) is 9.59 Å². The van der Waals surface area contributed by atoms with E-state index in [1.807, 2.05) is 32.9 Å². The first-order chi connectivity index (χ1) is 11.2. The Kier molecular flexibility index (Phi) is 3.79. The third-order valence-corrected chi connectivity index (χ3v) is 3.61. The summed E-state index contributed by atoms with van der Waals surface area (Å²) in [5.74, 6) is -1.37. The number of rotatable bonds is 2. The lowest BCUT2D eigenvalue weighted by molar-refractivity contribution is 0.0582. The average Bonchev–Trinajstić information content (AvgIpc) is 3.12. The first-order valence-electron chi connectivity index (χ1n) is 7.58. The maximum atomic E-state index is 12.3. The number of ether oxygens (including phenoxy) is 1. The fourth-order valence-electron chi connectivity index (χ4n) is 2.58. The summed E-state index contributed by atoms with van der Waals surface area (Å²) in [5.41, 5.74) is 2.43. The minimum absolute atomic E-state index is 0.208. The molecule has 1 amide bonds. The van der Waals surface area contributed by atoms with Crippen LogP contribution in [0, 0.1) is 0 Å². The zero-order valence-corrected chi connectivity index (χ0v) is 13.7. The van der Waals surface area contributed by atoms with E-state index >= 15 is 0 Å². The van der Waals surface area contributed by atoms with E-state index in [2.05, 4.69) is 5.16 Å². The summed E-state index contributed by atoms with van der Waals surface area (Å²) >= 11 is 0. The third-order valence-electron chi connectivity index (χ3n) is 3.61. The van der Waals surface area contributed by atoms with Gasteiger partial charge in [0.2, 0.25) is 5.76 Å². The maximum absolute atomic E-state index is 12.3. The normalized spacial score (nSPS) is 13.7. The summed E-state index contributed by atoms with van der Waals surface area (Å²) in [6, 6.07) is 6.87. The molecule has 1 aliphatic heterocycles. The van der Waals surface area contributed by atoms with Gasteiger partial charge in [-0.3, -0.25) is 4.90 Å². The van der Waals surface area contributed by atoms with Crippen molar-refractivity contribution in [2.24, 2.45) is 0 Å². The van der Waals surface area contributed by atoms with Gasteiger partial charge in [0.1, 0.15) is 11.3 Å². The molecule has 0 saturated carbocycles. The Balaban J connectivity index is 1.85. The molecule has 0 spiro atoms. The van der Waals surface area contributed by atoms with Crippen molar-refractivity contribution in [1.82, 2.24) is 5.16 Å². The summed E-state index contributed by atoms with van der Waals surface area (Å²) in [7, 11) is 0. The number of carbonyl (C=O) groups is 2. The molecular weight excluding hydrogens is 312 g/mol. The quantitative estimate of drug-likeness (QED) is 0.908. The fraction of sp³-hybridized carbons (Fsp3) is 0.353. The number of fused-ring (bicyclic) bond motifs is 1. The van der Waals surface area contributed by atoms with E-state index in [0.717, 1.165) is 16.8 Å². The van der Waals surface area contributed by atoms with Gasteiger partial charge in [-0.2, -0.15) is 0 Å². The number of aromatic nitrogens is 1. The van der Waals surface area contributed by atoms with Crippen molar-refractivity contribution in [3.05, 3.63) is 35.6 Å². The number of anilines is 1. The number of nitrogens with zero attached hydrogens (tertiary/aromatic N) is 2. The van der Waals surface area contributed by atoms with Crippen molar-refractivity contribution in [3.63, 3.8) is 0 Å². The van der Waals surface area contributed by atoms with Crippen molar-refractivity contribution in [1.29, 1.82) is 0 Å². The third kappa shape index (κ3) is 3.10.